The first-order valence-corrected chi connectivity index (χ1v) is 8.68. The molecule has 0 aliphatic carbocycles. The number of hydrogen-bond acceptors (Lipinski definition) is 4. The Bertz CT molecular complexity index is 551. The fourth-order valence-corrected chi connectivity index (χ4v) is 3.99. The second-order valence-electron chi connectivity index (χ2n) is 3.87. The first-order valence-electron chi connectivity index (χ1n) is 6.02. The van der Waals surface area contributed by atoms with Crippen molar-refractivity contribution >= 4 is 37.6 Å². The van der Waals surface area contributed by atoms with Crippen LogP contribution in [0.25, 0.3) is 0 Å². The van der Waals surface area contributed by atoms with Gasteiger partial charge in [-0.05, 0) is 41.4 Å². The smallest absolute Gasteiger partial charge is 0.244 e. The van der Waals surface area contributed by atoms with Crippen molar-refractivity contribution in [3.8, 4) is 5.75 Å². The van der Waals surface area contributed by atoms with Gasteiger partial charge < -0.3 is 9.47 Å². The van der Waals surface area contributed by atoms with Gasteiger partial charge in [-0.25, -0.2) is 13.1 Å². The molecule has 0 saturated heterocycles. The summed E-state index contributed by atoms with van der Waals surface area (Å²) in [6, 6.07) is 2.94. The van der Waals surface area contributed by atoms with Crippen molar-refractivity contribution in [3.63, 3.8) is 0 Å². The summed E-state index contributed by atoms with van der Waals surface area (Å²) < 4.78 is 37.7. The predicted octanol–water partition coefficient (Wildman–Crippen LogP) is 2.82. The lowest BCUT2D eigenvalue weighted by Gasteiger charge is -2.12. The average Bonchev–Trinajstić information content (AvgIpc) is 2.37. The number of methoxy groups -OCH3 is 1. The van der Waals surface area contributed by atoms with E-state index in [1.54, 1.807) is 6.07 Å². The van der Waals surface area contributed by atoms with Crippen LogP contribution in [0.5, 0.6) is 5.75 Å². The summed E-state index contributed by atoms with van der Waals surface area (Å²) in [5, 5.41) is 0.312. The summed E-state index contributed by atoms with van der Waals surface area (Å²) >= 11 is 9.12. The lowest BCUT2D eigenvalue weighted by atomic mass is 10.3. The summed E-state index contributed by atoms with van der Waals surface area (Å²) in [5.41, 5.74) is 0. The second-order valence-corrected chi connectivity index (χ2v) is 6.89. The van der Waals surface area contributed by atoms with Gasteiger partial charge in [-0.2, -0.15) is 0 Å². The van der Waals surface area contributed by atoms with Crippen molar-refractivity contribution in [1.82, 2.24) is 4.72 Å². The molecule has 0 aliphatic rings. The molecule has 0 saturated carbocycles. The Morgan fingerprint density at radius 1 is 1.40 bits per heavy atom. The molecule has 20 heavy (non-hydrogen) atoms. The average molecular weight is 387 g/mol. The lowest BCUT2D eigenvalue weighted by molar-refractivity contribution is 0.146. The van der Waals surface area contributed by atoms with E-state index in [-0.39, 0.29) is 17.2 Å². The number of sulfonamides is 1. The van der Waals surface area contributed by atoms with Crippen LogP contribution in [-0.2, 0) is 14.8 Å². The van der Waals surface area contributed by atoms with E-state index in [0.29, 0.717) is 29.1 Å². The van der Waals surface area contributed by atoms with E-state index in [2.05, 4.69) is 20.7 Å². The number of rotatable bonds is 8. The standard InChI is InChI=1S/C12H17BrClNO4S/c1-3-19-6-4-5-15-20(16,17)11-8-9(14)7-10(13)12(11)18-2/h7-8,15H,3-6H2,1-2H3. The number of ether oxygens (including phenoxy) is 2. The zero-order chi connectivity index (χ0) is 15.2. The van der Waals surface area contributed by atoms with Crippen molar-refractivity contribution in [1.29, 1.82) is 0 Å². The molecule has 0 aromatic heterocycles. The first-order chi connectivity index (χ1) is 9.42. The molecule has 0 spiro atoms. The SMILES string of the molecule is CCOCCCNS(=O)(=O)c1cc(Cl)cc(Br)c1OC. The highest BCUT2D eigenvalue weighted by Gasteiger charge is 2.22. The minimum atomic E-state index is -3.68. The van der Waals surface area contributed by atoms with Crippen molar-refractivity contribution in [2.24, 2.45) is 0 Å². The normalized spacial score (nSPS) is 11.6. The zero-order valence-electron chi connectivity index (χ0n) is 11.3. The Morgan fingerprint density at radius 3 is 2.70 bits per heavy atom. The highest BCUT2D eigenvalue weighted by molar-refractivity contribution is 9.10. The van der Waals surface area contributed by atoms with Crippen LogP contribution in [0, 0.1) is 0 Å². The van der Waals surface area contributed by atoms with Gasteiger partial charge in [0.05, 0.1) is 11.6 Å². The quantitative estimate of drug-likeness (QED) is 0.698. The molecule has 0 unspecified atom stereocenters. The molecule has 0 amide bonds. The van der Waals surface area contributed by atoms with Gasteiger partial charge in [0.1, 0.15) is 4.90 Å². The van der Waals surface area contributed by atoms with Crippen LogP contribution >= 0.6 is 27.5 Å². The van der Waals surface area contributed by atoms with Crippen molar-refractivity contribution < 1.29 is 17.9 Å². The van der Waals surface area contributed by atoms with Gasteiger partial charge in [0.25, 0.3) is 0 Å². The van der Waals surface area contributed by atoms with Crippen LogP contribution in [0.1, 0.15) is 13.3 Å². The van der Waals surface area contributed by atoms with Crippen LogP contribution in [0.4, 0.5) is 0 Å². The fourth-order valence-electron chi connectivity index (χ4n) is 1.54. The molecule has 0 radical (unpaired) electrons. The van der Waals surface area contributed by atoms with Crippen molar-refractivity contribution in [2.45, 2.75) is 18.2 Å². The number of hydrogen-bond donors (Lipinski definition) is 1. The summed E-state index contributed by atoms with van der Waals surface area (Å²) in [4.78, 5) is 0.00999. The molecule has 0 fully saturated rings. The third-order valence-corrected chi connectivity index (χ3v) is 4.70. The molecule has 0 aliphatic heterocycles. The van der Waals surface area contributed by atoms with Gasteiger partial charge in [-0.1, -0.05) is 11.6 Å². The Labute approximate surface area is 132 Å². The molecule has 8 heteroatoms. The maximum atomic E-state index is 12.2. The van der Waals surface area contributed by atoms with Gasteiger partial charge >= 0.3 is 0 Å². The predicted molar refractivity (Wildman–Crippen MR) is 82.0 cm³/mol. The topological polar surface area (TPSA) is 64.6 Å². The maximum Gasteiger partial charge on any atom is 0.244 e. The van der Waals surface area contributed by atoms with Gasteiger partial charge in [0.15, 0.2) is 5.75 Å². The monoisotopic (exact) mass is 385 g/mol. The molecule has 5 nitrogen and oxygen atoms in total. The molecular weight excluding hydrogens is 370 g/mol. The summed E-state index contributed by atoms with van der Waals surface area (Å²) in [5.74, 6) is 0.228. The lowest BCUT2D eigenvalue weighted by Crippen LogP contribution is -2.26. The second kappa shape index (κ2) is 8.19. The molecule has 0 atom stereocenters. The zero-order valence-corrected chi connectivity index (χ0v) is 14.4. The van der Waals surface area contributed by atoms with E-state index in [4.69, 9.17) is 21.1 Å². The highest BCUT2D eigenvalue weighted by Crippen LogP contribution is 2.35. The highest BCUT2D eigenvalue weighted by atomic mass is 79.9. The first kappa shape index (κ1) is 17.7. The Hall–Kier alpha value is -0.340. The van der Waals surface area contributed by atoms with Crippen LogP contribution in [0.2, 0.25) is 5.02 Å². The summed E-state index contributed by atoms with van der Waals surface area (Å²) in [7, 11) is -2.28. The van der Waals surface area contributed by atoms with Crippen LogP contribution in [0.15, 0.2) is 21.5 Å². The third-order valence-electron chi connectivity index (χ3n) is 2.43. The molecule has 1 rings (SSSR count). The summed E-state index contributed by atoms with van der Waals surface area (Å²) in [6.45, 7) is 3.30. The van der Waals surface area contributed by atoms with Gasteiger partial charge in [-0.3, -0.25) is 0 Å². The van der Waals surface area contributed by atoms with E-state index in [9.17, 15) is 8.42 Å². The van der Waals surface area contributed by atoms with E-state index in [0.717, 1.165) is 0 Å². The minimum absolute atomic E-state index is 0.00999. The molecular formula is C12H17BrClNO4S. The largest absolute Gasteiger partial charge is 0.494 e. The molecule has 114 valence electrons. The number of halogens is 2. The number of benzene rings is 1. The summed E-state index contributed by atoms with van der Waals surface area (Å²) in [6.07, 6.45) is 0.594. The molecule has 1 aromatic carbocycles. The molecule has 0 heterocycles. The van der Waals surface area contributed by atoms with E-state index < -0.39 is 10.0 Å². The fraction of sp³-hybridized carbons (Fsp3) is 0.500. The third kappa shape index (κ3) is 4.89. The van der Waals surface area contributed by atoms with Gasteiger partial charge in [0, 0.05) is 24.8 Å². The van der Waals surface area contributed by atoms with E-state index in [1.165, 1.54) is 13.2 Å². The Morgan fingerprint density at radius 2 is 2.10 bits per heavy atom. The minimum Gasteiger partial charge on any atom is -0.494 e. The van der Waals surface area contributed by atoms with Crippen molar-refractivity contribution in [2.75, 3.05) is 26.9 Å². The van der Waals surface area contributed by atoms with Gasteiger partial charge in [0.2, 0.25) is 10.0 Å². The maximum absolute atomic E-state index is 12.2. The Kier molecular flexibility index (Phi) is 7.25. The van der Waals surface area contributed by atoms with Crippen LogP contribution in [-0.4, -0.2) is 35.3 Å². The van der Waals surface area contributed by atoms with Crippen LogP contribution < -0.4 is 9.46 Å². The Balaban J connectivity index is 2.87. The van der Waals surface area contributed by atoms with Crippen LogP contribution in [0.3, 0.4) is 0 Å². The molecule has 1 aromatic rings. The molecule has 1 N–H and O–H groups in total. The van der Waals surface area contributed by atoms with E-state index in [1.807, 2.05) is 6.92 Å². The number of nitrogens with one attached hydrogen (secondary N) is 1. The van der Waals surface area contributed by atoms with Crippen molar-refractivity contribution in [3.05, 3.63) is 21.6 Å². The van der Waals surface area contributed by atoms with E-state index >= 15 is 0 Å². The molecule has 0 bridgehead atoms. The van der Waals surface area contributed by atoms with Gasteiger partial charge in [-0.15, -0.1) is 0 Å².